The van der Waals surface area contributed by atoms with Crippen molar-refractivity contribution in [3.05, 3.63) is 65.6 Å². The third-order valence-corrected chi connectivity index (χ3v) is 7.11. The highest BCUT2D eigenvalue weighted by atomic mass is 32.2. The Morgan fingerprint density at radius 3 is 2.47 bits per heavy atom. The average molecular weight is 448 g/mol. The fourth-order valence-electron chi connectivity index (χ4n) is 4.12. The second-order valence-electron chi connectivity index (χ2n) is 8.51. The van der Waals surface area contributed by atoms with Crippen molar-refractivity contribution in [3.8, 4) is 0 Å². The molecule has 166 valence electrons. The number of anilines is 3. The maximum Gasteiger partial charge on any atom is 0.228 e. The molecule has 1 aliphatic heterocycles. The first-order valence-electron chi connectivity index (χ1n) is 11.2. The number of hydrogen-bond donors (Lipinski definition) is 2. The number of aromatic nitrogens is 4. The average Bonchev–Trinajstić information content (AvgIpc) is 3.64. The lowest BCUT2D eigenvalue weighted by atomic mass is 9.96. The number of nitrogens with zero attached hydrogens (tertiary/aromatic N) is 5. The van der Waals surface area contributed by atoms with Gasteiger partial charge in [0.1, 0.15) is 11.6 Å². The fraction of sp³-hybridized carbons (Fsp3) is 0.417. The predicted octanol–water partition coefficient (Wildman–Crippen LogP) is 3.88. The van der Waals surface area contributed by atoms with Crippen molar-refractivity contribution in [1.29, 1.82) is 0 Å². The van der Waals surface area contributed by atoms with E-state index in [1.165, 1.54) is 24.0 Å². The maximum atomic E-state index is 4.61. The summed E-state index contributed by atoms with van der Waals surface area (Å²) >= 11 is 2.01. The van der Waals surface area contributed by atoms with Gasteiger partial charge in [0.25, 0.3) is 0 Å². The van der Waals surface area contributed by atoms with Gasteiger partial charge in [-0.05, 0) is 43.0 Å². The Balaban J connectivity index is 1.22. The summed E-state index contributed by atoms with van der Waals surface area (Å²) < 4.78 is 0. The van der Waals surface area contributed by atoms with Crippen molar-refractivity contribution in [2.45, 2.75) is 31.7 Å². The molecule has 0 amide bonds. The van der Waals surface area contributed by atoms with Crippen LogP contribution in [0.2, 0.25) is 0 Å². The molecule has 3 heterocycles. The fourth-order valence-corrected chi connectivity index (χ4v) is 5.02. The van der Waals surface area contributed by atoms with Crippen LogP contribution >= 0.6 is 11.8 Å². The van der Waals surface area contributed by atoms with Gasteiger partial charge in [0.15, 0.2) is 0 Å². The molecule has 0 spiro atoms. The number of aryl methyl sites for hydroxylation is 1. The molecule has 2 N–H and O–H groups in total. The number of pyridine rings is 1. The Labute approximate surface area is 193 Å². The molecule has 1 aromatic carbocycles. The lowest BCUT2D eigenvalue weighted by molar-refractivity contribution is 0.725. The van der Waals surface area contributed by atoms with Gasteiger partial charge in [-0.15, -0.1) is 0 Å². The van der Waals surface area contributed by atoms with Gasteiger partial charge >= 0.3 is 0 Å². The van der Waals surface area contributed by atoms with Gasteiger partial charge in [-0.25, -0.2) is 4.98 Å². The van der Waals surface area contributed by atoms with Crippen molar-refractivity contribution < 1.29 is 0 Å². The first-order chi connectivity index (χ1) is 15.7. The molecule has 1 saturated heterocycles. The molecule has 8 heteroatoms. The van der Waals surface area contributed by atoms with Crippen LogP contribution in [0.5, 0.6) is 0 Å². The molecule has 0 radical (unpaired) electrons. The zero-order chi connectivity index (χ0) is 21.8. The molecule has 1 aliphatic carbocycles. The summed E-state index contributed by atoms with van der Waals surface area (Å²) in [5, 5.41) is 6.82. The molecule has 32 heavy (non-hydrogen) atoms. The van der Waals surface area contributed by atoms with Crippen molar-refractivity contribution in [1.82, 2.24) is 19.9 Å². The van der Waals surface area contributed by atoms with Crippen LogP contribution in [-0.2, 0) is 12.0 Å². The molecule has 0 atom stereocenters. The van der Waals surface area contributed by atoms with Gasteiger partial charge in [0.05, 0.1) is 0 Å². The maximum absolute atomic E-state index is 4.61. The van der Waals surface area contributed by atoms with E-state index in [-0.39, 0.29) is 5.41 Å². The van der Waals surface area contributed by atoms with Crippen LogP contribution in [0.4, 0.5) is 17.7 Å². The largest absolute Gasteiger partial charge is 0.355 e. The molecular formula is C24H29N7S. The van der Waals surface area contributed by atoms with Crippen LogP contribution in [-0.4, -0.2) is 51.1 Å². The third-order valence-electron chi connectivity index (χ3n) is 6.17. The van der Waals surface area contributed by atoms with Crippen molar-refractivity contribution in [2.75, 3.05) is 46.7 Å². The minimum absolute atomic E-state index is 0.204. The summed E-state index contributed by atoms with van der Waals surface area (Å²) in [4.78, 5) is 20.5. The minimum Gasteiger partial charge on any atom is -0.355 e. The Hall–Kier alpha value is -2.87. The van der Waals surface area contributed by atoms with E-state index < -0.39 is 0 Å². The van der Waals surface area contributed by atoms with Gasteiger partial charge < -0.3 is 15.5 Å². The van der Waals surface area contributed by atoms with Crippen LogP contribution < -0.4 is 15.5 Å². The zero-order valence-corrected chi connectivity index (χ0v) is 19.2. The molecular weight excluding hydrogens is 418 g/mol. The van der Waals surface area contributed by atoms with Gasteiger partial charge in [0, 0.05) is 49.3 Å². The molecule has 2 fully saturated rings. The van der Waals surface area contributed by atoms with Crippen LogP contribution in [0.3, 0.4) is 0 Å². The molecule has 0 bridgehead atoms. The summed E-state index contributed by atoms with van der Waals surface area (Å²) in [5.41, 5.74) is 2.76. The summed E-state index contributed by atoms with van der Waals surface area (Å²) in [7, 11) is 0. The SMILES string of the molecule is Cc1nc(NCc2ccnc(N3CCSCC3)c2)nc(NCC2(c3ccccc3)CC2)n1. The highest BCUT2D eigenvalue weighted by Crippen LogP contribution is 2.47. The van der Waals surface area contributed by atoms with Crippen LogP contribution in [0.15, 0.2) is 48.7 Å². The Morgan fingerprint density at radius 2 is 1.72 bits per heavy atom. The molecule has 2 aromatic heterocycles. The molecule has 7 nitrogen and oxygen atoms in total. The highest BCUT2D eigenvalue weighted by molar-refractivity contribution is 7.99. The van der Waals surface area contributed by atoms with E-state index in [4.69, 9.17) is 0 Å². The smallest absolute Gasteiger partial charge is 0.228 e. The molecule has 0 unspecified atom stereocenters. The highest BCUT2D eigenvalue weighted by Gasteiger charge is 2.44. The number of benzene rings is 1. The zero-order valence-electron chi connectivity index (χ0n) is 18.4. The number of thioether (sulfide) groups is 1. The summed E-state index contributed by atoms with van der Waals surface area (Å²) in [6.45, 7) is 5.50. The molecule has 3 aromatic rings. The van der Waals surface area contributed by atoms with Crippen LogP contribution in [0.25, 0.3) is 0 Å². The first kappa shape index (κ1) is 21.0. The molecule has 2 aliphatic rings. The summed E-state index contributed by atoms with van der Waals surface area (Å²) in [5.74, 6) is 5.30. The quantitative estimate of drug-likeness (QED) is 0.539. The summed E-state index contributed by atoms with van der Waals surface area (Å²) in [6, 6.07) is 14.9. The molecule has 5 rings (SSSR count). The van der Waals surface area contributed by atoms with E-state index in [9.17, 15) is 0 Å². The number of nitrogens with one attached hydrogen (secondary N) is 2. The second-order valence-corrected chi connectivity index (χ2v) is 9.73. The Kier molecular flexibility index (Phi) is 6.12. The van der Waals surface area contributed by atoms with Crippen molar-refractivity contribution >= 4 is 29.5 Å². The van der Waals surface area contributed by atoms with Gasteiger partial charge in [-0.1, -0.05) is 30.3 Å². The lowest BCUT2D eigenvalue weighted by Crippen LogP contribution is -2.33. The third kappa shape index (κ3) is 4.96. The second kappa shape index (κ2) is 9.32. The predicted molar refractivity (Wildman–Crippen MR) is 132 cm³/mol. The lowest BCUT2D eigenvalue weighted by Gasteiger charge is -2.27. The first-order valence-corrected chi connectivity index (χ1v) is 12.4. The Bertz CT molecular complexity index is 1050. The number of rotatable bonds is 8. The Morgan fingerprint density at radius 1 is 0.969 bits per heavy atom. The van der Waals surface area contributed by atoms with E-state index in [1.54, 1.807) is 0 Å². The van der Waals surface area contributed by atoms with Gasteiger partial charge in [-0.3, -0.25) is 0 Å². The topological polar surface area (TPSA) is 78.9 Å². The summed E-state index contributed by atoms with van der Waals surface area (Å²) in [6.07, 6.45) is 4.27. The normalized spacial score (nSPS) is 17.1. The van der Waals surface area contributed by atoms with Crippen molar-refractivity contribution in [3.63, 3.8) is 0 Å². The number of hydrogen-bond acceptors (Lipinski definition) is 8. The standard InChI is InChI=1S/C24H29N7S/c1-18-28-22(26-16-19-7-10-25-21(15-19)31-11-13-32-14-12-31)30-23(29-18)27-17-24(8-9-24)20-5-3-2-4-6-20/h2-7,10,15H,8-9,11-14,16-17H2,1H3,(H2,26,27,28,29,30). The minimum atomic E-state index is 0.204. The van der Waals surface area contributed by atoms with Crippen LogP contribution in [0, 0.1) is 6.92 Å². The van der Waals surface area contributed by atoms with E-state index in [0.29, 0.717) is 24.3 Å². The van der Waals surface area contributed by atoms with Gasteiger partial charge in [0.2, 0.25) is 11.9 Å². The van der Waals surface area contributed by atoms with E-state index >= 15 is 0 Å². The molecule has 1 saturated carbocycles. The van der Waals surface area contributed by atoms with E-state index in [2.05, 4.69) is 71.9 Å². The van der Waals surface area contributed by atoms with Crippen LogP contribution in [0.1, 0.15) is 29.8 Å². The van der Waals surface area contributed by atoms with E-state index in [0.717, 1.165) is 37.0 Å². The van der Waals surface area contributed by atoms with Crippen molar-refractivity contribution in [2.24, 2.45) is 0 Å². The monoisotopic (exact) mass is 447 g/mol. The van der Waals surface area contributed by atoms with Gasteiger partial charge in [-0.2, -0.15) is 26.7 Å². The van der Waals surface area contributed by atoms with E-state index in [1.807, 2.05) is 30.9 Å².